The van der Waals surface area contributed by atoms with Gasteiger partial charge in [-0.25, -0.2) is 0 Å². The summed E-state index contributed by atoms with van der Waals surface area (Å²) < 4.78 is 0. The van der Waals surface area contributed by atoms with Crippen LogP contribution in [0.15, 0.2) is 78.4 Å². The fourth-order valence-corrected chi connectivity index (χ4v) is 2.40. The Bertz CT molecular complexity index is 590. The molecule has 0 amide bonds. The second kappa shape index (κ2) is 4.30. The second-order valence-corrected chi connectivity index (χ2v) is 4.81. The Kier molecular flexibility index (Phi) is 2.64. The van der Waals surface area contributed by atoms with Crippen molar-refractivity contribution in [1.29, 1.82) is 0 Å². The van der Waals surface area contributed by atoms with Crippen molar-refractivity contribution in [2.75, 3.05) is 0 Å². The number of hydrogen-bond donors (Lipinski definition) is 0. The minimum atomic E-state index is 0.0666. The summed E-state index contributed by atoms with van der Waals surface area (Å²) in [5.74, 6) is 0. The maximum atomic E-state index is 2.32. The molecule has 0 aromatic heterocycles. The first-order valence-electron chi connectivity index (χ1n) is 6.31. The number of rotatable bonds is 3. The summed E-state index contributed by atoms with van der Waals surface area (Å²) in [5, 5.41) is 0. The minimum absolute atomic E-state index is 0.0666. The highest BCUT2D eigenvalue weighted by molar-refractivity contribution is 5.64. The van der Waals surface area contributed by atoms with Crippen molar-refractivity contribution in [3.63, 3.8) is 0 Å². The first kappa shape index (κ1) is 11.0. The van der Waals surface area contributed by atoms with Crippen molar-refractivity contribution in [3.05, 3.63) is 89.5 Å². The van der Waals surface area contributed by atoms with Crippen LogP contribution in [0.5, 0.6) is 0 Å². The topological polar surface area (TPSA) is 0 Å². The molecule has 2 aromatic carbocycles. The van der Waals surface area contributed by atoms with Crippen molar-refractivity contribution in [2.24, 2.45) is 0 Å². The van der Waals surface area contributed by atoms with Crippen molar-refractivity contribution in [3.8, 4) is 0 Å². The van der Waals surface area contributed by atoms with E-state index in [2.05, 4.69) is 79.7 Å². The highest BCUT2D eigenvalue weighted by atomic mass is 14.4. The molecule has 88 valence electrons. The van der Waals surface area contributed by atoms with E-state index in [-0.39, 0.29) is 5.41 Å². The van der Waals surface area contributed by atoms with Gasteiger partial charge in [-0.3, -0.25) is 0 Å². The van der Waals surface area contributed by atoms with Crippen LogP contribution in [0.4, 0.5) is 0 Å². The van der Waals surface area contributed by atoms with Crippen LogP contribution in [-0.2, 0) is 5.41 Å². The lowest BCUT2D eigenvalue weighted by atomic mass is 9.89. The Morgan fingerprint density at radius 1 is 0.833 bits per heavy atom. The summed E-state index contributed by atoms with van der Waals surface area (Å²) in [5.41, 5.74) is 4.10. The number of hydrogen-bond acceptors (Lipinski definition) is 0. The summed E-state index contributed by atoms with van der Waals surface area (Å²) in [4.78, 5) is 0. The maximum absolute atomic E-state index is 2.32. The Morgan fingerprint density at radius 2 is 1.39 bits per heavy atom. The van der Waals surface area contributed by atoms with Crippen LogP contribution in [0.3, 0.4) is 0 Å². The quantitative estimate of drug-likeness (QED) is 0.678. The summed E-state index contributed by atoms with van der Waals surface area (Å²) >= 11 is 0. The molecule has 0 saturated heterocycles. The molecule has 3 rings (SSSR count). The van der Waals surface area contributed by atoms with Gasteiger partial charge in [-0.05, 0) is 18.1 Å². The fourth-order valence-electron chi connectivity index (χ4n) is 2.40. The van der Waals surface area contributed by atoms with Gasteiger partial charge in [0.25, 0.3) is 0 Å². The molecule has 1 aliphatic carbocycles. The third kappa shape index (κ3) is 1.91. The molecule has 0 heterocycles. The molecule has 0 radical (unpaired) electrons. The zero-order chi connectivity index (χ0) is 12.4. The van der Waals surface area contributed by atoms with Gasteiger partial charge in [0.15, 0.2) is 0 Å². The monoisotopic (exact) mass is 232 g/mol. The summed E-state index contributed by atoms with van der Waals surface area (Å²) in [6, 6.07) is 21.1. The molecular weight excluding hydrogens is 216 g/mol. The molecule has 0 saturated carbocycles. The van der Waals surface area contributed by atoms with Crippen molar-refractivity contribution < 1.29 is 0 Å². The van der Waals surface area contributed by atoms with Crippen LogP contribution >= 0.6 is 0 Å². The second-order valence-electron chi connectivity index (χ2n) is 4.81. The van der Waals surface area contributed by atoms with Gasteiger partial charge in [0.2, 0.25) is 0 Å². The van der Waals surface area contributed by atoms with E-state index in [1.165, 1.54) is 16.7 Å². The smallest absolute Gasteiger partial charge is 0.0526 e. The van der Waals surface area contributed by atoms with E-state index in [0.29, 0.717) is 0 Å². The lowest BCUT2D eigenvalue weighted by Gasteiger charge is -2.13. The van der Waals surface area contributed by atoms with Gasteiger partial charge in [-0.2, -0.15) is 0 Å². The van der Waals surface area contributed by atoms with Crippen LogP contribution in [0.25, 0.3) is 6.08 Å². The van der Waals surface area contributed by atoms with E-state index in [4.69, 9.17) is 0 Å². The number of benzene rings is 2. The standard InChI is InChI=1S/C18H16/c1-15-14-18(15,17-10-6-3-7-11-17)13-12-16-8-4-2-5-9-16/h2-14H,1H3/b13-12+. The van der Waals surface area contributed by atoms with Crippen molar-refractivity contribution in [1.82, 2.24) is 0 Å². The molecule has 1 aliphatic rings. The molecule has 0 aliphatic heterocycles. The van der Waals surface area contributed by atoms with Gasteiger partial charge in [-0.1, -0.05) is 84.5 Å². The molecule has 0 fully saturated rings. The van der Waals surface area contributed by atoms with Crippen molar-refractivity contribution >= 4 is 6.08 Å². The molecule has 2 aromatic rings. The maximum Gasteiger partial charge on any atom is 0.0526 e. The first-order valence-corrected chi connectivity index (χ1v) is 6.31. The molecule has 0 nitrogen and oxygen atoms in total. The van der Waals surface area contributed by atoms with Crippen molar-refractivity contribution in [2.45, 2.75) is 12.3 Å². The van der Waals surface area contributed by atoms with Crippen LogP contribution in [0.1, 0.15) is 18.1 Å². The fraction of sp³-hybridized carbons (Fsp3) is 0.111. The zero-order valence-electron chi connectivity index (χ0n) is 10.5. The summed E-state index contributed by atoms with van der Waals surface area (Å²) in [6.45, 7) is 2.20. The van der Waals surface area contributed by atoms with Crippen LogP contribution in [0.2, 0.25) is 0 Å². The predicted octanol–water partition coefficient (Wildman–Crippen LogP) is 4.60. The largest absolute Gasteiger partial charge is 0.0657 e. The Labute approximate surface area is 108 Å². The molecule has 0 N–H and O–H groups in total. The van der Waals surface area contributed by atoms with Gasteiger partial charge < -0.3 is 0 Å². The third-order valence-electron chi connectivity index (χ3n) is 3.60. The van der Waals surface area contributed by atoms with E-state index in [1.807, 2.05) is 6.07 Å². The SMILES string of the molecule is CC1=CC1(/C=C/c1ccccc1)c1ccccc1. The zero-order valence-corrected chi connectivity index (χ0v) is 10.5. The Hall–Kier alpha value is -2.08. The highest BCUT2D eigenvalue weighted by Gasteiger charge is 2.39. The molecule has 18 heavy (non-hydrogen) atoms. The molecule has 0 bridgehead atoms. The number of allylic oxidation sites excluding steroid dienone is 3. The average Bonchev–Trinajstić information content (AvgIpc) is 3.11. The van der Waals surface area contributed by atoms with Gasteiger partial charge in [0.05, 0.1) is 5.41 Å². The van der Waals surface area contributed by atoms with Gasteiger partial charge in [-0.15, -0.1) is 0 Å². The van der Waals surface area contributed by atoms with E-state index in [0.717, 1.165) is 0 Å². The lowest BCUT2D eigenvalue weighted by Crippen LogP contribution is -2.06. The van der Waals surface area contributed by atoms with E-state index in [9.17, 15) is 0 Å². The Balaban J connectivity index is 1.89. The van der Waals surface area contributed by atoms with Crippen LogP contribution < -0.4 is 0 Å². The molecule has 1 unspecified atom stereocenters. The molecule has 0 heteroatoms. The van der Waals surface area contributed by atoms with Gasteiger partial charge >= 0.3 is 0 Å². The predicted molar refractivity (Wildman–Crippen MR) is 77.4 cm³/mol. The summed E-state index contributed by atoms with van der Waals surface area (Å²) in [7, 11) is 0. The van der Waals surface area contributed by atoms with Gasteiger partial charge in [0.1, 0.15) is 0 Å². The normalized spacial score (nSPS) is 21.9. The van der Waals surface area contributed by atoms with E-state index in [1.54, 1.807) is 0 Å². The molecule has 1 atom stereocenters. The molecular formula is C18H16. The van der Waals surface area contributed by atoms with Crippen LogP contribution in [0, 0.1) is 0 Å². The highest BCUT2D eigenvalue weighted by Crippen LogP contribution is 2.47. The molecule has 0 spiro atoms. The third-order valence-corrected chi connectivity index (χ3v) is 3.60. The van der Waals surface area contributed by atoms with Crippen LogP contribution in [-0.4, -0.2) is 0 Å². The van der Waals surface area contributed by atoms with E-state index >= 15 is 0 Å². The minimum Gasteiger partial charge on any atom is -0.0657 e. The summed E-state index contributed by atoms with van der Waals surface area (Å²) in [6.07, 6.45) is 6.83. The first-order chi connectivity index (χ1) is 8.81. The average molecular weight is 232 g/mol. The van der Waals surface area contributed by atoms with E-state index < -0.39 is 0 Å². The lowest BCUT2D eigenvalue weighted by molar-refractivity contribution is 0.945. The van der Waals surface area contributed by atoms with Gasteiger partial charge in [0, 0.05) is 0 Å². The Morgan fingerprint density at radius 3 is 1.94 bits per heavy atom.